The van der Waals surface area contributed by atoms with Gasteiger partial charge in [0.05, 0.1) is 27.7 Å². The van der Waals surface area contributed by atoms with Gasteiger partial charge in [-0.05, 0) is 110 Å². The number of allylic oxidation sites excluding steroid dienone is 1. The lowest BCUT2D eigenvalue weighted by atomic mass is 9.72. The van der Waals surface area contributed by atoms with Crippen molar-refractivity contribution in [2.24, 2.45) is 11.3 Å². The largest absolute Gasteiger partial charge is 0.455 e. The van der Waals surface area contributed by atoms with E-state index in [1.54, 1.807) is 24.4 Å². The van der Waals surface area contributed by atoms with Gasteiger partial charge in [0.2, 0.25) is 0 Å². The molecule has 0 radical (unpaired) electrons. The number of ether oxygens (including phenoxy) is 1. The Balaban J connectivity index is 1.00. The summed E-state index contributed by atoms with van der Waals surface area (Å²) in [4.78, 5) is 37.0. The molecule has 0 bridgehead atoms. The molecule has 5 aromatic rings. The van der Waals surface area contributed by atoms with Crippen molar-refractivity contribution in [2.75, 3.05) is 49.5 Å². The highest BCUT2D eigenvalue weighted by molar-refractivity contribution is 7.90. The molecule has 0 unspecified atom stereocenters. The third-order valence-electron chi connectivity index (χ3n) is 12.1. The van der Waals surface area contributed by atoms with Gasteiger partial charge in [-0.3, -0.25) is 19.8 Å². The van der Waals surface area contributed by atoms with E-state index < -0.39 is 37.5 Å². The van der Waals surface area contributed by atoms with Gasteiger partial charge in [0.25, 0.3) is 21.6 Å². The Hall–Kier alpha value is -5.48. The first-order chi connectivity index (χ1) is 29.2. The fourth-order valence-corrected chi connectivity index (χ4v) is 9.80. The number of H-pyrrole nitrogens is 1. The summed E-state index contributed by atoms with van der Waals surface area (Å²) in [6.07, 6.45) is 8.10. The van der Waals surface area contributed by atoms with Crippen molar-refractivity contribution in [1.29, 1.82) is 0 Å². The van der Waals surface area contributed by atoms with Crippen LogP contribution in [0.25, 0.3) is 16.6 Å². The molecule has 4 N–H and O–H groups in total. The first-order valence-corrected chi connectivity index (χ1v) is 22.5. The number of nitro groups is 1. The molecule has 2 aliphatic carbocycles. The molecule has 1 saturated heterocycles. The van der Waals surface area contributed by atoms with Gasteiger partial charge in [-0.2, -0.15) is 0 Å². The summed E-state index contributed by atoms with van der Waals surface area (Å²) in [6.45, 7) is 9.00. The molecule has 1 aliphatic heterocycles. The van der Waals surface area contributed by atoms with Crippen LogP contribution in [-0.2, 0) is 10.0 Å². The van der Waals surface area contributed by atoms with Gasteiger partial charge in [-0.1, -0.05) is 43.2 Å². The molecule has 3 heterocycles. The van der Waals surface area contributed by atoms with E-state index >= 15 is 0 Å². The fourth-order valence-electron chi connectivity index (χ4n) is 8.68. The lowest BCUT2D eigenvalue weighted by Gasteiger charge is -2.39. The highest BCUT2D eigenvalue weighted by Gasteiger charge is 2.31. The number of fused-ring (bicyclic) bond motifs is 1. The Morgan fingerprint density at radius 2 is 1.84 bits per heavy atom. The molecule has 3 aliphatic rings. The number of halogens is 1. The first-order valence-electron chi connectivity index (χ1n) is 20.7. The lowest BCUT2D eigenvalue weighted by Crippen LogP contribution is -2.47. The molecular formula is C45H50ClN7O7S. The van der Waals surface area contributed by atoms with Crippen molar-refractivity contribution >= 4 is 61.2 Å². The van der Waals surface area contributed by atoms with Crippen LogP contribution in [0, 0.1) is 21.4 Å². The van der Waals surface area contributed by atoms with Gasteiger partial charge in [0.15, 0.2) is 0 Å². The number of nitrogens with zero attached hydrogens (tertiary/aromatic N) is 4. The van der Waals surface area contributed by atoms with Crippen molar-refractivity contribution < 1.29 is 28.0 Å². The zero-order valence-electron chi connectivity index (χ0n) is 34.2. The molecule has 1 saturated carbocycles. The number of hydrogen-bond donors (Lipinski definition) is 4. The van der Waals surface area contributed by atoms with Crippen LogP contribution >= 0.6 is 11.6 Å². The maximum Gasteiger partial charge on any atom is 0.293 e. The second kappa shape index (κ2) is 17.5. The number of pyridine rings is 1. The Kier molecular flexibility index (Phi) is 12.1. The number of nitro benzene ring substituents is 1. The Morgan fingerprint density at radius 3 is 2.57 bits per heavy atom. The minimum atomic E-state index is -4.57. The predicted octanol–water partition coefficient (Wildman–Crippen LogP) is 8.39. The molecule has 8 rings (SSSR count). The number of aromatic amines is 1. The van der Waals surface area contributed by atoms with Gasteiger partial charge < -0.3 is 25.0 Å². The highest BCUT2D eigenvalue weighted by Crippen LogP contribution is 2.43. The second-order valence-electron chi connectivity index (χ2n) is 17.1. The lowest BCUT2D eigenvalue weighted by molar-refractivity contribution is -0.384. The summed E-state index contributed by atoms with van der Waals surface area (Å²) in [6, 6.07) is 20.3. The number of hydrogen-bond acceptors (Lipinski definition) is 11. The van der Waals surface area contributed by atoms with E-state index in [0.717, 1.165) is 80.6 Å². The summed E-state index contributed by atoms with van der Waals surface area (Å²) >= 11 is 6.24. The number of benzene rings is 3. The molecule has 2 atom stereocenters. The van der Waals surface area contributed by atoms with E-state index in [9.17, 15) is 28.4 Å². The standard InChI is InChI=1S/C45H50ClN7O7S/c1-45(2)15-13-32(39(25-45)30-4-6-33(46)7-5-30)28-51-17-19-52(20-18-51)34-8-11-38(42(23-34)60-36-22-31-14-16-47-43(31)49-27-36)44(55)50-61(58,59)37-10-12-40(41(24-37)53(56)57)48-26-29-3-9-35(54)21-29/h4-8,10-12,14,16,22-24,27,29,35,48,54H,3,9,13,15,17-21,25-26,28H2,1-2H3,(H,47,49)(H,50,55)/t29-,35+/m1/s1. The van der Waals surface area contributed by atoms with Gasteiger partial charge >= 0.3 is 0 Å². The zero-order valence-corrected chi connectivity index (χ0v) is 35.8. The van der Waals surface area contributed by atoms with Crippen molar-refractivity contribution in [2.45, 2.75) is 63.4 Å². The van der Waals surface area contributed by atoms with E-state index in [4.69, 9.17) is 16.3 Å². The van der Waals surface area contributed by atoms with Crippen molar-refractivity contribution in [3.8, 4) is 11.5 Å². The summed E-state index contributed by atoms with van der Waals surface area (Å²) < 4.78 is 35.7. The minimum absolute atomic E-state index is 0.0476. The maximum atomic E-state index is 13.9. The van der Waals surface area contributed by atoms with Crippen molar-refractivity contribution in [3.63, 3.8) is 0 Å². The van der Waals surface area contributed by atoms with Gasteiger partial charge in [0, 0.05) is 73.7 Å². The Morgan fingerprint density at radius 1 is 1.05 bits per heavy atom. The van der Waals surface area contributed by atoms with Crippen molar-refractivity contribution in [3.05, 3.63) is 117 Å². The monoisotopic (exact) mass is 867 g/mol. The third-order valence-corrected chi connectivity index (χ3v) is 13.7. The number of carbonyl (C=O) groups excluding carboxylic acids is 1. The fraction of sp³-hybridized carbons (Fsp3) is 0.378. The number of aliphatic hydroxyl groups is 1. The van der Waals surface area contributed by atoms with Crippen molar-refractivity contribution in [1.82, 2.24) is 19.6 Å². The van der Waals surface area contributed by atoms with Crippen LogP contribution in [0.1, 0.15) is 68.3 Å². The SMILES string of the molecule is CC1(C)CCC(CN2CCN(c3ccc(C(=O)NS(=O)(=O)c4ccc(NC[C@@H]5CC[C@H](O)C5)c([N+](=O)[O-])c4)c(Oc4cnc5[nH]ccc5c4)c3)CC2)=C(c2ccc(Cl)cc2)C1. The zero-order chi connectivity index (χ0) is 42.9. The van der Waals surface area contributed by atoms with Crippen LogP contribution in [0.4, 0.5) is 17.1 Å². The Labute approximate surface area is 360 Å². The molecular weight excluding hydrogens is 818 g/mol. The molecule has 14 nitrogen and oxygen atoms in total. The minimum Gasteiger partial charge on any atom is -0.455 e. The summed E-state index contributed by atoms with van der Waals surface area (Å²) in [7, 11) is -4.57. The number of amides is 1. The number of anilines is 2. The van der Waals surface area contributed by atoms with Crippen LogP contribution < -0.4 is 19.7 Å². The third kappa shape index (κ3) is 9.86. The predicted molar refractivity (Wildman–Crippen MR) is 237 cm³/mol. The molecule has 16 heteroatoms. The van der Waals surface area contributed by atoms with Crippen LogP contribution in [0.3, 0.4) is 0 Å². The number of aromatic nitrogens is 2. The van der Waals surface area contributed by atoms with E-state index in [1.165, 1.54) is 41.1 Å². The summed E-state index contributed by atoms with van der Waals surface area (Å²) in [5, 5.41) is 26.5. The number of carbonyl (C=O) groups is 1. The molecule has 2 aromatic heterocycles. The average molecular weight is 868 g/mol. The molecule has 0 spiro atoms. The highest BCUT2D eigenvalue weighted by atomic mass is 35.5. The Bertz CT molecular complexity index is 2590. The number of nitrogens with one attached hydrogen (secondary N) is 3. The maximum absolute atomic E-state index is 13.9. The van der Waals surface area contributed by atoms with Gasteiger partial charge in [-0.15, -0.1) is 0 Å². The van der Waals surface area contributed by atoms with Crippen LogP contribution in [0.2, 0.25) is 5.02 Å². The number of rotatable bonds is 13. The van der Waals surface area contributed by atoms with Gasteiger partial charge in [0.1, 0.15) is 22.8 Å². The number of aliphatic hydroxyl groups excluding tert-OH is 1. The van der Waals surface area contributed by atoms with Crippen LogP contribution in [-0.4, -0.2) is 84.6 Å². The van der Waals surface area contributed by atoms with Crippen LogP contribution in [0.15, 0.2) is 95.7 Å². The second-order valence-corrected chi connectivity index (χ2v) is 19.3. The average Bonchev–Trinajstić information content (AvgIpc) is 3.89. The van der Waals surface area contributed by atoms with E-state index in [1.807, 2.05) is 18.2 Å². The first kappa shape index (κ1) is 42.2. The topological polar surface area (TPSA) is 183 Å². The van der Waals surface area contributed by atoms with E-state index in [0.29, 0.717) is 30.8 Å². The number of piperazine rings is 1. The van der Waals surface area contributed by atoms with E-state index in [2.05, 4.69) is 55.8 Å². The molecule has 2 fully saturated rings. The molecule has 320 valence electrons. The van der Waals surface area contributed by atoms with Gasteiger partial charge in [-0.25, -0.2) is 18.1 Å². The summed E-state index contributed by atoms with van der Waals surface area (Å²) in [5.41, 5.74) is 5.43. The smallest absolute Gasteiger partial charge is 0.293 e. The number of sulfonamides is 1. The van der Waals surface area contributed by atoms with E-state index in [-0.39, 0.29) is 28.3 Å². The molecule has 1 amide bonds. The quantitative estimate of drug-likeness (QED) is 0.0659. The van der Waals surface area contributed by atoms with Crippen LogP contribution in [0.5, 0.6) is 11.5 Å². The molecule has 61 heavy (non-hydrogen) atoms. The molecule has 3 aromatic carbocycles. The normalized spacial score (nSPS) is 19.6. The summed E-state index contributed by atoms with van der Waals surface area (Å²) in [5.74, 6) is -0.365.